The van der Waals surface area contributed by atoms with Crippen LogP contribution >= 0.6 is 23.2 Å². The van der Waals surface area contributed by atoms with Crippen LogP contribution in [0.2, 0.25) is 5.02 Å². The Balaban J connectivity index is 1.77. The van der Waals surface area contributed by atoms with Crippen LogP contribution in [0.3, 0.4) is 0 Å². The summed E-state index contributed by atoms with van der Waals surface area (Å²) in [5.41, 5.74) is -0.935. The summed E-state index contributed by atoms with van der Waals surface area (Å²) in [7, 11) is 0. The second-order valence-corrected chi connectivity index (χ2v) is 9.65. The Labute approximate surface area is 237 Å². The number of aromatic nitrogens is 3. The smallest absolute Gasteiger partial charge is 0.353 e. The van der Waals surface area contributed by atoms with E-state index in [1.165, 1.54) is 4.57 Å². The highest BCUT2D eigenvalue weighted by molar-refractivity contribution is 6.30. The number of benzene rings is 2. The first-order valence-corrected chi connectivity index (χ1v) is 12.8. The highest BCUT2D eigenvalue weighted by atomic mass is 35.5. The third-order valence-corrected chi connectivity index (χ3v) is 6.33. The molecular weight excluding hydrogens is 563 g/mol. The summed E-state index contributed by atoms with van der Waals surface area (Å²) < 4.78 is 8.71. The van der Waals surface area contributed by atoms with Crippen LogP contribution < -0.4 is 38.8 Å². The Morgan fingerprint density at radius 2 is 1.77 bits per heavy atom. The summed E-state index contributed by atoms with van der Waals surface area (Å²) >= 11 is 12.1. The summed E-state index contributed by atoms with van der Waals surface area (Å²) in [6.45, 7) is -0.506. The molecule has 0 aliphatic carbocycles. The average molecular weight is 589 g/mol. The number of dihydropyridines is 1. The molecule has 4 rings (SSSR count). The van der Waals surface area contributed by atoms with Crippen molar-refractivity contribution in [2.75, 3.05) is 19.0 Å². The largest absolute Gasteiger partial charge is 0.458 e. The van der Waals surface area contributed by atoms with Crippen LogP contribution in [-0.4, -0.2) is 32.5 Å². The number of ether oxygens (including phenoxy) is 1. The molecule has 1 aliphatic heterocycles. The molecule has 0 saturated carbocycles. The fraction of sp³-hybridized carbons (Fsp3) is 0.240. The van der Waals surface area contributed by atoms with Gasteiger partial charge in [0.2, 0.25) is 5.62 Å². The number of hydrogen-bond acceptors (Lipinski definition) is 10. The number of nitrogens with two attached hydrogens (primary N) is 2. The minimum atomic E-state index is -0.843. The van der Waals surface area contributed by atoms with Gasteiger partial charge in [-0.1, -0.05) is 40.5 Å². The number of halogens is 2. The number of nitrogen functional groups attached to an aromatic ring is 1. The van der Waals surface area contributed by atoms with Gasteiger partial charge in [-0.2, -0.15) is 9.58 Å². The average Bonchev–Trinajstić information content (AvgIpc) is 2.94. The van der Waals surface area contributed by atoms with Gasteiger partial charge in [-0.25, -0.2) is 25.0 Å². The fourth-order valence-electron chi connectivity index (χ4n) is 3.88. The van der Waals surface area contributed by atoms with Crippen LogP contribution in [0.15, 0.2) is 92.4 Å². The third kappa shape index (κ3) is 7.07. The van der Waals surface area contributed by atoms with Crippen LogP contribution in [0.1, 0.15) is 5.56 Å². The Kier molecular flexibility index (Phi) is 9.56. The fourth-order valence-corrected chi connectivity index (χ4v) is 4.20. The van der Waals surface area contributed by atoms with E-state index in [-0.39, 0.29) is 37.4 Å². The van der Waals surface area contributed by atoms with Gasteiger partial charge in [0.1, 0.15) is 17.0 Å². The summed E-state index contributed by atoms with van der Waals surface area (Å²) in [4.78, 5) is 46.8. The molecule has 1 aliphatic rings. The number of nitrogens with one attached hydrogen (secondary N) is 1. The quantitative estimate of drug-likeness (QED) is 0.0996. The van der Waals surface area contributed by atoms with E-state index in [1.807, 2.05) is 0 Å². The molecule has 0 spiro atoms. The SMILES string of the molecule is NOCC(CN=O)Cn1c(=O)n(N)/c(=N\c2ccc(OC3=CC(Cl)NC=C3)cc2)n(Cc2ccc(Cl)cc2)c1=O. The highest BCUT2D eigenvalue weighted by Gasteiger charge is 2.18. The zero-order chi connectivity index (χ0) is 28.6. The molecule has 3 aromatic rings. The highest BCUT2D eigenvalue weighted by Crippen LogP contribution is 2.21. The minimum Gasteiger partial charge on any atom is -0.458 e. The lowest BCUT2D eigenvalue weighted by molar-refractivity contribution is 0.0959. The zero-order valence-electron chi connectivity index (χ0n) is 21.0. The maximum atomic E-state index is 13.6. The van der Waals surface area contributed by atoms with Crippen molar-refractivity contribution < 1.29 is 9.57 Å². The number of hydrogen-bond donors (Lipinski definition) is 3. The summed E-state index contributed by atoms with van der Waals surface area (Å²) in [5.74, 6) is 11.8. The first-order valence-electron chi connectivity index (χ1n) is 12.0. The lowest BCUT2D eigenvalue weighted by atomic mass is 10.1. The Morgan fingerprint density at radius 3 is 2.42 bits per heavy atom. The van der Waals surface area contributed by atoms with E-state index in [1.54, 1.807) is 66.9 Å². The van der Waals surface area contributed by atoms with E-state index in [9.17, 15) is 14.5 Å². The molecule has 0 radical (unpaired) electrons. The van der Waals surface area contributed by atoms with Gasteiger partial charge in [-0.15, -0.1) is 0 Å². The van der Waals surface area contributed by atoms with Gasteiger partial charge < -0.3 is 20.7 Å². The van der Waals surface area contributed by atoms with Gasteiger partial charge in [-0.3, -0.25) is 4.57 Å². The second-order valence-electron chi connectivity index (χ2n) is 8.75. The summed E-state index contributed by atoms with van der Waals surface area (Å²) in [5, 5.41) is 6.27. The maximum absolute atomic E-state index is 13.6. The number of alkyl halides is 1. The van der Waals surface area contributed by atoms with Crippen molar-refractivity contribution in [1.29, 1.82) is 0 Å². The Hall–Kier alpha value is -4.17. The van der Waals surface area contributed by atoms with E-state index < -0.39 is 17.3 Å². The molecule has 1 aromatic heterocycles. The zero-order valence-corrected chi connectivity index (χ0v) is 22.5. The van der Waals surface area contributed by atoms with Crippen LogP contribution in [0.25, 0.3) is 0 Å². The molecule has 0 bridgehead atoms. The molecule has 13 nitrogen and oxygen atoms in total. The van der Waals surface area contributed by atoms with Gasteiger partial charge in [0.05, 0.1) is 25.4 Å². The topological polar surface area (TPSA) is 173 Å². The van der Waals surface area contributed by atoms with Crippen LogP contribution in [0.4, 0.5) is 5.69 Å². The van der Waals surface area contributed by atoms with Crippen LogP contribution in [-0.2, 0) is 17.9 Å². The normalized spacial score (nSPS) is 15.8. The van der Waals surface area contributed by atoms with E-state index >= 15 is 0 Å². The molecule has 2 heterocycles. The molecule has 2 aromatic carbocycles. The standard InChI is InChI=1S/C25H26Cl2N8O5/c26-18-3-1-16(2-4-18)13-33-23(35(28)25(37)34(24(33)36)14-17(12-31-38)15-39-29)32-19-5-7-20(8-6-19)40-21-9-10-30-22(27)11-21/h1-11,17,22,30H,12-15,28-29H2/b32-23-. The molecular formula is C25H26Cl2N8O5. The van der Waals surface area contributed by atoms with E-state index in [2.05, 4.69) is 20.3 Å². The lowest BCUT2D eigenvalue weighted by Crippen LogP contribution is -2.58. The van der Waals surface area contributed by atoms with Gasteiger partial charge in [0, 0.05) is 23.7 Å². The van der Waals surface area contributed by atoms with Crippen molar-refractivity contribution in [3.8, 4) is 5.75 Å². The number of nitrogens with zero attached hydrogens (tertiary/aromatic N) is 5. The first-order chi connectivity index (χ1) is 19.3. The first kappa shape index (κ1) is 28.8. The molecule has 5 N–H and O–H groups in total. The van der Waals surface area contributed by atoms with Gasteiger partial charge >= 0.3 is 11.4 Å². The monoisotopic (exact) mass is 588 g/mol. The lowest BCUT2D eigenvalue weighted by Gasteiger charge is -2.17. The van der Waals surface area contributed by atoms with Gasteiger partial charge in [0.15, 0.2) is 0 Å². The van der Waals surface area contributed by atoms with Crippen molar-refractivity contribution in [2.45, 2.75) is 18.6 Å². The van der Waals surface area contributed by atoms with Crippen LogP contribution in [0.5, 0.6) is 5.75 Å². The molecule has 2 unspecified atom stereocenters. The van der Waals surface area contributed by atoms with Crippen LogP contribution in [0, 0.1) is 10.8 Å². The van der Waals surface area contributed by atoms with Gasteiger partial charge in [-0.05, 0) is 54.1 Å². The van der Waals surface area contributed by atoms with Crippen molar-refractivity contribution in [2.24, 2.45) is 22.0 Å². The van der Waals surface area contributed by atoms with Crippen molar-refractivity contribution >= 4 is 28.9 Å². The third-order valence-electron chi connectivity index (χ3n) is 5.83. The molecule has 2 atom stereocenters. The predicted molar refractivity (Wildman–Crippen MR) is 150 cm³/mol. The summed E-state index contributed by atoms with van der Waals surface area (Å²) in [6.07, 6.45) is 5.12. The molecule has 0 saturated heterocycles. The van der Waals surface area contributed by atoms with E-state index in [0.717, 1.165) is 9.24 Å². The molecule has 15 heteroatoms. The van der Waals surface area contributed by atoms with Gasteiger partial charge in [0.25, 0.3) is 0 Å². The van der Waals surface area contributed by atoms with E-state index in [0.29, 0.717) is 27.8 Å². The maximum Gasteiger partial charge on any atom is 0.353 e. The summed E-state index contributed by atoms with van der Waals surface area (Å²) in [6, 6.07) is 13.5. The number of nitroso groups, excluding NO2 is 1. The molecule has 210 valence electrons. The van der Waals surface area contributed by atoms with Crippen molar-refractivity contribution in [1.82, 2.24) is 19.1 Å². The molecule has 40 heavy (non-hydrogen) atoms. The molecule has 0 fully saturated rings. The Bertz CT molecular complexity index is 1590. The second kappa shape index (κ2) is 13.3. The molecule has 0 amide bonds. The number of allylic oxidation sites excluding steroid dienone is 1. The minimum absolute atomic E-state index is 0.0195. The number of rotatable bonds is 11. The Morgan fingerprint density at radius 1 is 1.05 bits per heavy atom. The van der Waals surface area contributed by atoms with Crippen molar-refractivity contribution in [3.05, 3.63) is 115 Å². The van der Waals surface area contributed by atoms with Crippen molar-refractivity contribution in [3.63, 3.8) is 0 Å². The van der Waals surface area contributed by atoms with E-state index in [4.69, 9.17) is 39.7 Å². The predicted octanol–water partition coefficient (Wildman–Crippen LogP) is 1.68.